The lowest BCUT2D eigenvalue weighted by atomic mass is 10.1. The molecule has 156 valence electrons. The van der Waals surface area contributed by atoms with E-state index in [2.05, 4.69) is 20.6 Å². The molecule has 8 nitrogen and oxygen atoms in total. The number of fused-ring (bicyclic) bond motifs is 1. The number of hydrogen-bond donors (Lipinski definition) is 1. The van der Waals surface area contributed by atoms with E-state index in [4.69, 9.17) is 4.74 Å². The van der Waals surface area contributed by atoms with Crippen molar-refractivity contribution in [2.45, 2.75) is 18.9 Å². The molecule has 2 aromatic heterocycles. The van der Waals surface area contributed by atoms with Gasteiger partial charge in [-0.3, -0.25) is 0 Å². The Kier molecular flexibility index (Phi) is 5.18. The zero-order valence-electron chi connectivity index (χ0n) is 16.9. The number of nitrogens with zero attached hydrogens (tertiary/aromatic N) is 5. The second kappa shape index (κ2) is 8.43. The minimum atomic E-state index is -0.0850. The van der Waals surface area contributed by atoms with Crippen LogP contribution < -0.4 is 10.1 Å². The molecule has 1 aliphatic rings. The third-order valence-electron chi connectivity index (χ3n) is 5.41. The lowest BCUT2D eigenvalue weighted by Gasteiger charge is -2.32. The van der Waals surface area contributed by atoms with Gasteiger partial charge in [0.05, 0.1) is 5.69 Å². The van der Waals surface area contributed by atoms with Gasteiger partial charge in [0.1, 0.15) is 6.10 Å². The van der Waals surface area contributed by atoms with Gasteiger partial charge in [-0.15, -0.1) is 10.2 Å². The summed E-state index contributed by atoms with van der Waals surface area (Å²) in [6.07, 6.45) is 4.99. The number of amides is 2. The molecule has 3 heterocycles. The number of urea groups is 1. The van der Waals surface area contributed by atoms with Crippen LogP contribution in [0.2, 0.25) is 0 Å². The molecule has 1 fully saturated rings. The van der Waals surface area contributed by atoms with Crippen molar-refractivity contribution < 1.29 is 9.53 Å². The number of nitrogens with one attached hydrogen (secondary N) is 1. The molecular formula is C23H22N6O2. The Hall–Kier alpha value is -3.94. The van der Waals surface area contributed by atoms with Crippen molar-refractivity contribution in [3.63, 3.8) is 0 Å². The van der Waals surface area contributed by atoms with Gasteiger partial charge >= 0.3 is 6.03 Å². The standard InChI is InChI=1S/C23H22N6O2/c30-23(25-20-8-3-6-17-5-1-2-7-19(17)20)28-15-11-18(12-16-28)31-22-10-9-21(26-27-22)29-14-4-13-24-29/h1-10,13-14,18H,11-12,15-16H2,(H,25,30). The average Bonchev–Trinajstić information content (AvgIpc) is 3.35. The molecule has 0 aliphatic carbocycles. The molecule has 0 spiro atoms. The summed E-state index contributed by atoms with van der Waals surface area (Å²) in [6, 6.07) is 19.3. The molecule has 8 heteroatoms. The fraction of sp³-hybridized carbons (Fsp3) is 0.217. The summed E-state index contributed by atoms with van der Waals surface area (Å²) in [5.74, 6) is 1.12. The normalized spacial score (nSPS) is 14.5. The predicted molar refractivity (Wildman–Crippen MR) is 117 cm³/mol. The third kappa shape index (κ3) is 4.18. The maximum Gasteiger partial charge on any atom is 0.321 e. The number of aromatic nitrogens is 4. The van der Waals surface area contributed by atoms with Crippen molar-refractivity contribution in [1.29, 1.82) is 0 Å². The summed E-state index contributed by atoms with van der Waals surface area (Å²) in [6.45, 7) is 1.25. The van der Waals surface area contributed by atoms with Crippen LogP contribution >= 0.6 is 0 Å². The second-order valence-corrected chi connectivity index (χ2v) is 7.44. The zero-order valence-corrected chi connectivity index (χ0v) is 16.9. The molecule has 0 atom stereocenters. The van der Waals surface area contributed by atoms with Crippen molar-refractivity contribution in [3.8, 4) is 11.7 Å². The summed E-state index contributed by atoms with van der Waals surface area (Å²) in [5.41, 5.74) is 0.828. The van der Waals surface area contributed by atoms with Crippen molar-refractivity contribution in [1.82, 2.24) is 24.9 Å². The summed E-state index contributed by atoms with van der Waals surface area (Å²) in [5, 5.41) is 17.6. The summed E-state index contributed by atoms with van der Waals surface area (Å²) < 4.78 is 7.61. The van der Waals surface area contributed by atoms with Crippen LogP contribution in [0.1, 0.15) is 12.8 Å². The molecule has 31 heavy (non-hydrogen) atoms. The van der Waals surface area contributed by atoms with Crippen LogP contribution in [0.5, 0.6) is 5.88 Å². The van der Waals surface area contributed by atoms with Gasteiger partial charge in [-0.1, -0.05) is 36.4 Å². The van der Waals surface area contributed by atoms with Crippen LogP contribution in [0.3, 0.4) is 0 Å². The maximum absolute atomic E-state index is 12.8. The number of piperidine rings is 1. The molecule has 2 aromatic carbocycles. The molecule has 2 amide bonds. The first-order chi connectivity index (χ1) is 15.3. The van der Waals surface area contributed by atoms with Crippen molar-refractivity contribution in [3.05, 3.63) is 73.1 Å². The Balaban J connectivity index is 1.16. The fourth-order valence-corrected chi connectivity index (χ4v) is 3.78. The average molecular weight is 414 g/mol. The largest absolute Gasteiger partial charge is 0.473 e. The fourth-order valence-electron chi connectivity index (χ4n) is 3.78. The topological polar surface area (TPSA) is 85.2 Å². The van der Waals surface area contributed by atoms with E-state index in [1.54, 1.807) is 16.9 Å². The van der Waals surface area contributed by atoms with E-state index in [1.165, 1.54) is 0 Å². The van der Waals surface area contributed by atoms with Crippen molar-refractivity contribution in [2.75, 3.05) is 18.4 Å². The first-order valence-electron chi connectivity index (χ1n) is 10.3. The van der Waals surface area contributed by atoms with Crippen LogP contribution in [0.4, 0.5) is 10.5 Å². The molecule has 0 radical (unpaired) electrons. The predicted octanol–water partition coefficient (Wildman–Crippen LogP) is 3.89. The Labute approximate surface area is 179 Å². The Bertz CT molecular complexity index is 1160. The van der Waals surface area contributed by atoms with Gasteiger partial charge in [0, 0.05) is 49.8 Å². The maximum atomic E-state index is 12.8. The zero-order chi connectivity index (χ0) is 21.0. The van der Waals surface area contributed by atoms with Gasteiger partial charge in [0.25, 0.3) is 0 Å². The Morgan fingerprint density at radius 1 is 0.968 bits per heavy atom. The molecule has 0 saturated carbocycles. The number of benzene rings is 2. The van der Waals surface area contributed by atoms with Crippen LogP contribution in [-0.4, -0.2) is 50.1 Å². The van der Waals surface area contributed by atoms with Gasteiger partial charge in [-0.05, 0) is 23.6 Å². The second-order valence-electron chi connectivity index (χ2n) is 7.44. The number of anilines is 1. The minimum Gasteiger partial charge on any atom is -0.473 e. The molecule has 4 aromatic rings. The Morgan fingerprint density at radius 3 is 2.58 bits per heavy atom. The Morgan fingerprint density at radius 2 is 1.81 bits per heavy atom. The van der Waals surface area contributed by atoms with E-state index in [-0.39, 0.29) is 12.1 Å². The molecule has 1 saturated heterocycles. The lowest BCUT2D eigenvalue weighted by molar-refractivity contribution is 0.110. The molecule has 0 unspecified atom stereocenters. The van der Waals surface area contributed by atoms with Gasteiger partial charge in [0.2, 0.25) is 5.88 Å². The molecule has 0 bridgehead atoms. The molecule has 5 rings (SSSR count). The lowest BCUT2D eigenvalue weighted by Crippen LogP contribution is -2.43. The van der Waals surface area contributed by atoms with Gasteiger partial charge < -0.3 is 15.0 Å². The van der Waals surface area contributed by atoms with Crippen LogP contribution in [0.15, 0.2) is 73.1 Å². The van der Waals surface area contributed by atoms with Crippen LogP contribution in [0, 0.1) is 0 Å². The molecule has 1 N–H and O–H groups in total. The van der Waals surface area contributed by atoms with Crippen LogP contribution in [-0.2, 0) is 0 Å². The van der Waals surface area contributed by atoms with Gasteiger partial charge in [-0.25, -0.2) is 9.48 Å². The number of carbonyl (C=O) groups excluding carboxylic acids is 1. The highest BCUT2D eigenvalue weighted by Gasteiger charge is 2.24. The van der Waals surface area contributed by atoms with Gasteiger partial charge in [0.15, 0.2) is 5.82 Å². The van der Waals surface area contributed by atoms with E-state index < -0.39 is 0 Å². The highest BCUT2D eigenvalue weighted by Crippen LogP contribution is 2.24. The summed E-state index contributed by atoms with van der Waals surface area (Å²) >= 11 is 0. The molecular weight excluding hydrogens is 392 g/mol. The van der Waals surface area contributed by atoms with E-state index in [0.29, 0.717) is 24.8 Å². The smallest absolute Gasteiger partial charge is 0.321 e. The quantitative estimate of drug-likeness (QED) is 0.548. The summed E-state index contributed by atoms with van der Waals surface area (Å²) in [7, 11) is 0. The first-order valence-corrected chi connectivity index (χ1v) is 10.3. The third-order valence-corrected chi connectivity index (χ3v) is 5.41. The van der Waals surface area contributed by atoms with Gasteiger partial charge in [-0.2, -0.15) is 5.10 Å². The van der Waals surface area contributed by atoms with E-state index in [9.17, 15) is 4.79 Å². The number of carbonyl (C=O) groups is 1. The number of likely N-dealkylation sites (tertiary alicyclic amines) is 1. The minimum absolute atomic E-state index is 0.00598. The van der Waals surface area contributed by atoms with Crippen molar-refractivity contribution in [2.24, 2.45) is 0 Å². The van der Waals surface area contributed by atoms with E-state index in [1.807, 2.05) is 65.7 Å². The number of hydrogen-bond acceptors (Lipinski definition) is 5. The first kappa shape index (κ1) is 19.0. The highest BCUT2D eigenvalue weighted by molar-refractivity contribution is 6.01. The number of ether oxygens (including phenoxy) is 1. The number of rotatable bonds is 4. The van der Waals surface area contributed by atoms with Crippen LogP contribution in [0.25, 0.3) is 16.6 Å². The SMILES string of the molecule is O=C(Nc1cccc2ccccc12)N1CCC(Oc2ccc(-n3cccn3)nn2)CC1. The highest BCUT2D eigenvalue weighted by atomic mass is 16.5. The monoisotopic (exact) mass is 414 g/mol. The van der Waals surface area contributed by atoms with E-state index in [0.717, 1.165) is 29.3 Å². The van der Waals surface area contributed by atoms with Crippen molar-refractivity contribution >= 4 is 22.5 Å². The molecule has 1 aliphatic heterocycles. The summed E-state index contributed by atoms with van der Waals surface area (Å²) in [4.78, 5) is 14.6. The van der Waals surface area contributed by atoms with E-state index >= 15 is 0 Å².